The number of nitrogens with one attached hydrogen (secondary N) is 2. The third-order valence-electron chi connectivity index (χ3n) is 12.5. The van der Waals surface area contributed by atoms with Crippen LogP contribution in [0.5, 0.6) is 5.75 Å². The molecule has 7 rings (SSSR count). The zero-order valence-corrected chi connectivity index (χ0v) is 34.0. The van der Waals surface area contributed by atoms with Crippen LogP contribution >= 0.6 is 27.7 Å². The van der Waals surface area contributed by atoms with Gasteiger partial charge in [-0.1, -0.05) is 54.9 Å². The summed E-state index contributed by atoms with van der Waals surface area (Å²) in [4.78, 5) is 36.5. The summed E-state index contributed by atoms with van der Waals surface area (Å²) in [6, 6.07) is 10.9. The van der Waals surface area contributed by atoms with Crippen molar-refractivity contribution >= 4 is 45.2 Å². The van der Waals surface area contributed by atoms with Crippen LogP contribution in [0.25, 0.3) is 11.1 Å². The van der Waals surface area contributed by atoms with Gasteiger partial charge in [0.25, 0.3) is 5.91 Å². The number of nitrogens with zero attached hydrogens (tertiary/aromatic N) is 2. The smallest absolute Gasteiger partial charge is 0.251 e. The number of benzene rings is 2. The SMILES string of the molecule is COc1c(CN2O[C@@H](CO)[C@H]([C@H](C)O)[C@H]2C(=O)N[C@H]2C[C@H]3C[C@@H]([C@@H]2C)C3(C)C)cccc1-c1cc(C(=O)NCCC2CC(Br)CS2)cc(N(C)C)c1. The lowest BCUT2D eigenvalue weighted by molar-refractivity contribution is -0.183. The van der Waals surface area contributed by atoms with E-state index >= 15 is 0 Å². The molecule has 3 saturated carbocycles. The molecule has 0 radical (unpaired) electrons. The van der Waals surface area contributed by atoms with E-state index in [1.54, 1.807) is 19.1 Å². The number of thioether (sulfide) groups is 1. The molecule has 5 fully saturated rings. The van der Waals surface area contributed by atoms with E-state index in [2.05, 4.69) is 47.3 Å². The Morgan fingerprint density at radius 1 is 1.19 bits per heavy atom. The molecule has 2 bridgehead atoms. The van der Waals surface area contributed by atoms with Gasteiger partial charge in [-0.2, -0.15) is 16.8 Å². The van der Waals surface area contributed by atoms with Gasteiger partial charge in [-0.15, -0.1) is 0 Å². The van der Waals surface area contributed by atoms with Crippen LogP contribution in [0, 0.1) is 29.1 Å². The van der Waals surface area contributed by atoms with E-state index in [0.717, 1.165) is 47.4 Å². The number of alkyl halides is 1. The lowest BCUT2D eigenvalue weighted by Gasteiger charge is -2.62. The largest absolute Gasteiger partial charge is 0.496 e. The Morgan fingerprint density at radius 2 is 1.96 bits per heavy atom. The highest BCUT2D eigenvalue weighted by Gasteiger charge is 2.57. The fraction of sp³-hybridized carbons (Fsp3) is 0.650. The molecule has 2 heterocycles. The summed E-state index contributed by atoms with van der Waals surface area (Å²) in [5.74, 6) is 2.24. The lowest BCUT2D eigenvalue weighted by atomic mass is 9.45. The van der Waals surface area contributed by atoms with Crippen LogP contribution in [0.4, 0.5) is 5.69 Å². The molecular formula is C40H57BrN4O6S. The molecule has 52 heavy (non-hydrogen) atoms. The van der Waals surface area contributed by atoms with Gasteiger partial charge in [0.15, 0.2) is 0 Å². The zero-order chi connectivity index (χ0) is 37.5. The van der Waals surface area contributed by atoms with Crippen LogP contribution in [0.2, 0.25) is 0 Å². The van der Waals surface area contributed by atoms with Gasteiger partial charge in [0, 0.05) is 70.8 Å². The number of amides is 2. The maximum atomic E-state index is 14.2. The molecule has 4 N–H and O–H groups in total. The van der Waals surface area contributed by atoms with E-state index in [1.807, 2.05) is 67.2 Å². The number of fused-ring (bicyclic) bond motifs is 2. The second-order valence-corrected chi connectivity index (χ2v) is 18.9. The number of ether oxygens (including phenoxy) is 1. The van der Waals surface area contributed by atoms with Crippen molar-refractivity contribution in [1.29, 1.82) is 0 Å². The standard InChI is InChI=1S/C40H57BrN4O6S/c1-22-32-16-27(40(32,3)4)17-33(22)43-39(49)36-35(23(2)47)34(20-46)51-45(36)19-24-9-8-10-31(37(24)50-7)25-13-26(15-29(14-25)44(5)6)38(48)42-12-11-30-18-28(41)21-52-30/h8-10,13-15,22-23,27-28,30,32-36,46-47H,11-12,16-21H2,1-7H3,(H,42,48)(H,43,49)/t22-,23-,27+,28?,30?,32-,33-,34-,35-,36-/m0/s1. The van der Waals surface area contributed by atoms with Gasteiger partial charge in [0.05, 0.1) is 26.4 Å². The summed E-state index contributed by atoms with van der Waals surface area (Å²) < 4.78 is 6.07. The third-order valence-corrected chi connectivity index (χ3v) is 15.1. The molecule has 5 aliphatic rings. The maximum absolute atomic E-state index is 14.2. The van der Waals surface area contributed by atoms with Crippen molar-refractivity contribution in [1.82, 2.24) is 15.7 Å². The summed E-state index contributed by atoms with van der Waals surface area (Å²) in [6.45, 7) is 9.04. The van der Waals surface area contributed by atoms with E-state index in [9.17, 15) is 19.8 Å². The molecule has 0 spiro atoms. The molecule has 3 aliphatic carbocycles. The number of hydroxylamine groups is 2. The first kappa shape index (κ1) is 39.3. The van der Waals surface area contributed by atoms with Crippen LogP contribution in [0.1, 0.15) is 69.3 Å². The number of hydrogen-bond donors (Lipinski definition) is 4. The van der Waals surface area contributed by atoms with Crippen molar-refractivity contribution < 1.29 is 29.4 Å². The van der Waals surface area contributed by atoms with Gasteiger partial charge in [-0.05, 0) is 79.5 Å². The average Bonchev–Trinajstić information content (AvgIpc) is 3.71. The van der Waals surface area contributed by atoms with Crippen molar-refractivity contribution in [3.63, 3.8) is 0 Å². The van der Waals surface area contributed by atoms with E-state index in [-0.39, 0.29) is 36.4 Å². The summed E-state index contributed by atoms with van der Waals surface area (Å²) in [5.41, 5.74) is 4.13. The Hall–Kier alpha value is -2.35. The fourth-order valence-corrected chi connectivity index (χ4v) is 11.7. The Labute approximate surface area is 321 Å². The first-order valence-electron chi connectivity index (χ1n) is 18.8. The second-order valence-electron chi connectivity index (χ2n) is 16.2. The first-order valence-corrected chi connectivity index (χ1v) is 20.7. The van der Waals surface area contributed by atoms with Crippen molar-refractivity contribution in [2.24, 2.45) is 29.1 Å². The molecule has 2 aliphatic heterocycles. The highest BCUT2D eigenvalue weighted by atomic mass is 79.9. The molecule has 2 amide bonds. The topological polar surface area (TPSA) is 124 Å². The monoisotopic (exact) mass is 800 g/mol. The molecule has 2 saturated heterocycles. The van der Waals surface area contributed by atoms with Gasteiger partial charge < -0.3 is 30.5 Å². The lowest BCUT2D eigenvalue weighted by Crippen LogP contribution is -2.62. The number of methoxy groups -OCH3 is 1. The fourth-order valence-electron chi connectivity index (χ4n) is 9.30. The second kappa shape index (κ2) is 16.2. The van der Waals surface area contributed by atoms with Gasteiger partial charge in [0.1, 0.15) is 17.9 Å². The number of carbonyl (C=O) groups excluding carboxylic acids is 2. The maximum Gasteiger partial charge on any atom is 0.251 e. The van der Waals surface area contributed by atoms with E-state index < -0.39 is 24.2 Å². The highest BCUT2D eigenvalue weighted by molar-refractivity contribution is 9.09. The number of para-hydroxylation sites is 1. The third kappa shape index (κ3) is 7.89. The van der Waals surface area contributed by atoms with Gasteiger partial charge in [0.2, 0.25) is 5.91 Å². The summed E-state index contributed by atoms with van der Waals surface area (Å²) in [7, 11) is 5.52. The van der Waals surface area contributed by atoms with Crippen molar-refractivity contribution in [3.8, 4) is 16.9 Å². The Morgan fingerprint density at radius 3 is 2.58 bits per heavy atom. The Balaban J connectivity index is 1.25. The van der Waals surface area contributed by atoms with Gasteiger partial charge in [-0.25, -0.2) is 0 Å². The predicted molar refractivity (Wildman–Crippen MR) is 211 cm³/mol. The normalized spacial score (nSPS) is 31.5. The molecule has 10 nitrogen and oxygen atoms in total. The molecule has 286 valence electrons. The Bertz CT molecular complexity index is 1610. The van der Waals surface area contributed by atoms with Crippen LogP contribution in [-0.4, -0.2) is 102 Å². The van der Waals surface area contributed by atoms with E-state index in [0.29, 0.717) is 45.7 Å². The highest BCUT2D eigenvalue weighted by Crippen LogP contribution is 2.61. The van der Waals surface area contributed by atoms with Crippen molar-refractivity contribution in [2.75, 3.05) is 45.0 Å². The molecule has 12 heteroatoms. The van der Waals surface area contributed by atoms with Gasteiger partial charge in [-0.3, -0.25) is 14.4 Å². The van der Waals surface area contributed by atoms with E-state index in [4.69, 9.17) is 9.57 Å². The molecular weight excluding hydrogens is 744 g/mol. The zero-order valence-electron chi connectivity index (χ0n) is 31.6. The number of carbonyl (C=O) groups is 2. The van der Waals surface area contributed by atoms with E-state index in [1.165, 1.54) is 6.42 Å². The number of rotatable bonds is 13. The molecule has 2 aromatic rings. The minimum atomic E-state index is -0.890. The minimum absolute atomic E-state index is 0.0467. The number of aliphatic hydroxyl groups excluding tert-OH is 2. The molecule has 2 aromatic carbocycles. The van der Waals surface area contributed by atoms with Crippen LogP contribution in [-0.2, 0) is 16.2 Å². The quantitative estimate of drug-likeness (QED) is 0.195. The predicted octanol–water partition coefficient (Wildman–Crippen LogP) is 5.48. The minimum Gasteiger partial charge on any atom is -0.496 e. The summed E-state index contributed by atoms with van der Waals surface area (Å²) in [6.07, 6.45) is 2.55. The Kier molecular flexibility index (Phi) is 12.2. The van der Waals surface area contributed by atoms with Crippen LogP contribution in [0.15, 0.2) is 36.4 Å². The number of aliphatic hydroxyl groups is 2. The summed E-state index contributed by atoms with van der Waals surface area (Å²) in [5, 5.41) is 29.9. The van der Waals surface area contributed by atoms with Crippen LogP contribution < -0.4 is 20.3 Å². The van der Waals surface area contributed by atoms with Crippen LogP contribution in [0.3, 0.4) is 0 Å². The van der Waals surface area contributed by atoms with Crippen molar-refractivity contribution in [3.05, 3.63) is 47.5 Å². The molecule has 2 unspecified atom stereocenters. The molecule has 10 atom stereocenters. The number of hydrogen-bond acceptors (Lipinski definition) is 9. The number of anilines is 1. The average molecular weight is 802 g/mol. The number of halogens is 1. The molecule has 0 aromatic heterocycles. The van der Waals surface area contributed by atoms with Gasteiger partial charge >= 0.3 is 0 Å². The summed E-state index contributed by atoms with van der Waals surface area (Å²) >= 11 is 5.66. The van der Waals surface area contributed by atoms with Crippen molar-refractivity contribution in [2.45, 2.75) is 94.3 Å². The first-order chi connectivity index (χ1) is 24.7.